The molecule has 1 aromatic carbocycles. The molecule has 1 saturated heterocycles. The van der Waals surface area contributed by atoms with Crippen LogP contribution in [0.5, 0.6) is 0 Å². The molecule has 0 spiro atoms. The Labute approximate surface area is 126 Å². The monoisotopic (exact) mass is 301 g/mol. The number of carbonyl (C=O) groups is 3. The summed E-state index contributed by atoms with van der Waals surface area (Å²) in [6, 6.07) is 4.56. The molecular weight excluding hydrogens is 286 g/mol. The number of methoxy groups -OCH3 is 1. The topological polar surface area (TPSA) is 88.1 Å². The first-order chi connectivity index (χ1) is 10.5. The van der Waals surface area contributed by atoms with Crippen molar-refractivity contribution in [2.45, 2.75) is 19.9 Å². The third-order valence-corrected chi connectivity index (χ3v) is 4.14. The van der Waals surface area contributed by atoms with Crippen LogP contribution in [0.3, 0.4) is 0 Å². The second kappa shape index (κ2) is 4.94. The molecule has 0 radical (unpaired) electrons. The highest BCUT2D eigenvalue weighted by atomic mass is 16.5. The van der Waals surface area contributed by atoms with Gasteiger partial charge in [0.05, 0.1) is 12.8 Å². The molecule has 3 rings (SSSR count). The number of benzene rings is 1. The molecule has 0 unspecified atom stereocenters. The average Bonchev–Trinajstić information content (AvgIpc) is 3.04. The van der Waals surface area contributed by atoms with E-state index in [1.54, 1.807) is 12.1 Å². The Morgan fingerprint density at radius 2 is 2.00 bits per heavy atom. The van der Waals surface area contributed by atoms with Gasteiger partial charge in [0.15, 0.2) is 5.71 Å². The molecule has 7 nitrogen and oxygen atoms in total. The number of nitrogens with one attached hydrogen (secondary N) is 1. The van der Waals surface area contributed by atoms with Crippen LogP contribution < -0.4 is 10.3 Å². The van der Waals surface area contributed by atoms with Gasteiger partial charge in [-0.05, 0) is 31.0 Å². The zero-order chi connectivity index (χ0) is 16.0. The zero-order valence-corrected chi connectivity index (χ0v) is 12.4. The Bertz CT molecular complexity index is 725. The summed E-state index contributed by atoms with van der Waals surface area (Å²) in [7, 11) is 1.21. The van der Waals surface area contributed by atoms with Crippen LogP contribution in [0.4, 0.5) is 5.69 Å². The van der Waals surface area contributed by atoms with Crippen LogP contribution in [-0.4, -0.2) is 36.6 Å². The SMILES string of the molecule is COC(=O)C1=NN[C@@H]2C(=O)N(c3cccc(C)c3C)C(=O)[C@H]12. The van der Waals surface area contributed by atoms with Crippen LogP contribution in [0.25, 0.3) is 0 Å². The highest BCUT2D eigenvalue weighted by Gasteiger charge is 2.55. The molecule has 2 atom stereocenters. The predicted molar refractivity (Wildman–Crippen MR) is 78.3 cm³/mol. The maximum absolute atomic E-state index is 12.7. The summed E-state index contributed by atoms with van der Waals surface area (Å²) in [5.41, 5.74) is 4.88. The van der Waals surface area contributed by atoms with Gasteiger partial charge in [-0.15, -0.1) is 0 Å². The largest absolute Gasteiger partial charge is 0.464 e. The lowest BCUT2D eigenvalue weighted by Gasteiger charge is -2.19. The number of hydrazone groups is 1. The number of fused-ring (bicyclic) bond motifs is 1. The highest BCUT2D eigenvalue weighted by molar-refractivity contribution is 6.46. The van der Waals surface area contributed by atoms with Crippen molar-refractivity contribution in [3.05, 3.63) is 29.3 Å². The van der Waals surface area contributed by atoms with Gasteiger partial charge in [0.25, 0.3) is 5.91 Å². The fraction of sp³-hybridized carbons (Fsp3) is 0.333. The number of aryl methyl sites for hydroxylation is 1. The van der Waals surface area contributed by atoms with Crippen molar-refractivity contribution < 1.29 is 19.1 Å². The number of amides is 2. The fourth-order valence-electron chi connectivity index (χ4n) is 2.78. The Balaban J connectivity index is 2.02. The van der Waals surface area contributed by atoms with E-state index in [1.165, 1.54) is 7.11 Å². The normalized spacial score (nSPS) is 23.2. The van der Waals surface area contributed by atoms with Crippen LogP contribution in [0.15, 0.2) is 23.3 Å². The highest BCUT2D eigenvalue weighted by Crippen LogP contribution is 2.33. The number of nitrogens with zero attached hydrogens (tertiary/aromatic N) is 2. The van der Waals surface area contributed by atoms with Crippen molar-refractivity contribution in [1.82, 2.24) is 5.43 Å². The minimum atomic E-state index is -0.931. The Kier molecular flexibility index (Phi) is 3.20. The van der Waals surface area contributed by atoms with Crippen molar-refractivity contribution in [3.63, 3.8) is 0 Å². The van der Waals surface area contributed by atoms with E-state index in [0.29, 0.717) is 5.69 Å². The minimum Gasteiger partial charge on any atom is -0.464 e. The number of ether oxygens (including phenoxy) is 1. The summed E-state index contributed by atoms with van der Waals surface area (Å²) < 4.78 is 4.62. The third-order valence-electron chi connectivity index (χ3n) is 4.14. The molecule has 0 saturated carbocycles. The van der Waals surface area contributed by atoms with Gasteiger partial charge in [0, 0.05) is 0 Å². The number of esters is 1. The second-order valence-electron chi connectivity index (χ2n) is 5.30. The zero-order valence-electron chi connectivity index (χ0n) is 12.4. The van der Waals surface area contributed by atoms with E-state index in [2.05, 4.69) is 15.3 Å². The van der Waals surface area contributed by atoms with Crippen molar-refractivity contribution in [2.24, 2.45) is 11.0 Å². The lowest BCUT2D eigenvalue weighted by atomic mass is 9.99. The van der Waals surface area contributed by atoms with Crippen molar-refractivity contribution in [2.75, 3.05) is 12.0 Å². The smallest absolute Gasteiger partial charge is 0.355 e. The van der Waals surface area contributed by atoms with Crippen molar-refractivity contribution in [3.8, 4) is 0 Å². The molecule has 2 heterocycles. The first-order valence-corrected chi connectivity index (χ1v) is 6.82. The van der Waals surface area contributed by atoms with Crippen molar-refractivity contribution in [1.29, 1.82) is 0 Å². The van der Waals surface area contributed by atoms with Gasteiger partial charge in [-0.25, -0.2) is 9.69 Å². The first-order valence-electron chi connectivity index (χ1n) is 6.82. The van der Waals surface area contributed by atoms with Gasteiger partial charge in [-0.1, -0.05) is 12.1 Å². The maximum Gasteiger partial charge on any atom is 0.355 e. The van der Waals surface area contributed by atoms with Gasteiger partial charge in [-0.2, -0.15) is 5.10 Å². The summed E-state index contributed by atoms with van der Waals surface area (Å²) >= 11 is 0. The molecule has 1 N–H and O–H groups in total. The standard InChI is InChI=1S/C15H15N3O4/c1-7-5-4-6-9(8(7)2)18-13(19)10-11(14(18)20)16-17-12(10)15(21)22-3/h4-6,10-11,16H,1-3H3/t10-,11-/m0/s1. The first kappa shape index (κ1) is 14.2. The van der Waals surface area contributed by atoms with Gasteiger partial charge >= 0.3 is 5.97 Å². The van der Waals surface area contributed by atoms with E-state index in [1.807, 2.05) is 19.9 Å². The summed E-state index contributed by atoms with van der Waals surface area (Å²) in [6.45, 7) is 3.76. The number of anilines is 1. The number of imide groups is 1. The molecule has 1 fully saturated rings. The molecule has 0 aromatic heterocycles. The second-order valence-corrected chi connectivity index (χ2v) is 5.30. The molecule has 0 bridgehead atoms. The van der Waals surface area contributed by atoms with E-state index >= 15 is 0 Å². The molecule has 0 aliphatic carbocycles. The molecule has 114 valence electrons. The van der Waals surface area contributed by atoms with E-state index < -0.39 is 29.7 Å². The Morgan fingerprint density at radius 1 is 1.27 bits per heavy atom. The molecule has 22 heavy (non-hydrogen) atoms. The summed E-state index contributed by atoms with van der Waals surface area (Å²) in [5, 5.41) is 3.78. The predicted octanol–water partition coefficient (Wildman–Crippen LogP) is 0.294. The lowest BCUT2D eigenvalue weighted by molar-refractivity contribution is -0.133. The fourth-order valence-corrected chi connectivity index (χ4v) is 2.78. The molecule has 1 aromatic rings. The number of hydrogen-bond acceptors (Lipinski definition) is 6. The van der Waals surface area contributed by atoms with Crippen LogP contribution >= 0.6 is 0 Å². The Hall–Kier alpha value is -2.70. The molecular formula is C15H15N3O4. The van der Waals surface area contributed by atoms with Gasteiger partial charge in [-0.3, -0.25) is 15.0 Å². The van der Waals surface area contributed by atoms with Gasteiger partial charge in [0.1, 0.15) is 12.0 Å². The van der Waals surface area contributed by atoms with E-state index in [0.717, 1.165) is 16.0 Å². The average molecular weight is 301 g/mol. The molecule has 7 heteroatoms. The van der Waals surface area contributed by atoms with E-state index in [-0.39, 0.29) is 5.71 Å². The van der Waals surface area contributed by atoms with Gasteiger partial charge in [0.2, 0.25) is 5.91 Å². The van der Waals surface area contributed by atoms with E-state index in [4.69, 9.17) is 0 Å². The van der Waals surface area contributed by atoms with E-state index in [9.17, 15) is 14.4 Å². The van der Waals surface area contributed by atoms with Gasteiger partial charge < -0.3 is 4.74 Å². The maximum atomic E-state index is 12.7. The molecule has 2 amide bonds. The number of carbonyl (C=O) groups excluding carboxylic acids is 3. The van der Waals surface area contributed by atoms with Crippen LogP contribution in [0, 0.1) is 19.8 Å². The lowest BCUT2D eigenvalue weighted by Crippen LogP contribution is -2.36. The number of rotatable bonds is 2. The van der Waals surface area contributed by atoms with Crippen molar-refractivity contribution >= 4 is 29.2 Å². The van der Waals surface area contributed by atoms with Crippen LogP contribution in [-0.2, 0) is 19.1 Å². The summed E-state index contributed by atoms with van der Waals surface area (Å²) in [6.07, 6.45) is 0. The van der Waals surface area contributed by atoms with Crippen LogP contribution in [0.1, 0.15) is 11.1 Å². The summed E-state index contributed by atoms with van der Waals surface area (Å²) in [4.78, 5) is 38.0. The summed E-state index contributed by atoms with van der Waals surface area (Å²) in [5.74, 6) is -2.51. The number of hydrogen-bond donors (Lipinski definition) is 1. The van der Waals surface area contributed by atoms with Crippen LogP contribution in [0.2, 0.25) is 0 Å². The quantitative estimate of drug-likeness (QED) is 0.627. The molecule has 2 aliphatic heterocycles. The Morgan fingerprint density at radius 3 is 2.68 bits per heavy atom. The third kappa shape index (κ3) is 1.82. The molecule has 2 aliphatic rings. The minimum absolute atomic E-state index is 0.0568.